The van der Waals surface area contributed by atoms with Crippen LogP contribution in [-0.4, -0.2) is 26.1 Å². The average Bonchev–Trinajstić information content (AvgIpc) is 2.90. The molecule has 0 radical (unpaired) electrons. The van der Waals surface area contributed by atoms with E-state index in [0.29, 0.717) is 5.56 Å². The van der Waals surface area contributed by atoms with E-state index in [4.69, 9.17) is 12.2 Å². The molecule has 2 amide bonds. The maximum atomic E-state index is 12.6. The van der Waals surface area contributed by atoms with Crippen LogP contribution in [-0.2, 0) is 4.79 Å². The lowest BCUT2D eigenvalue weighted by molar-refractivity contribution is -0.385. The number of hydrazine groups is 1. The predicted molar refractivity (Wildman–Crippen MR) is 110 cm³/mol. The van der Waals surface area contributed by atoms with Crippen LogP contribution in [0.15, 0.2) is 57.9 Å². The van der Waals surface area contributed by atoms with E-state index in [2.05, 4.69) is 21.4 Å². The topological polar surface area (TPSA) is 92.6 Å². The van der Waals surface area contributed by atoms with Crippen LogP contribution in [0.3, 0.4) is 0 Å². The van der Waals surface area contributed by atoms with Crippen molar-refractivity contribution in [3.8, 4) is 0 Å². The van der Waals surface area contributed by atoms with Crippen molar-refractivity contribution in [3.05, 3.63) is 79.2 Å². The van der Waals surface area contributed by atoms with Crippen LogP contribution in [0, 0.1) is 10.1 Å². The maximum absolute atomic E-state index is 12.6. The zero-order valence-electron chi connectivity index (χ0n) is 13.4. The van der Waals surface area contributed by atoms with Crippen LogP contribution in [0.1, 0.15) is 15.9 Å². The van der Waals surface area contributed by atoms with Crippen molar-refractivity contribution < 1.29 is 14.5 Å². The summed E-state index contributed by atoms with van der Waals surface area (Å²) < 4.78 is 0.951. The van der Waals surface area contributed by atoms with E-state index in [1.54, 1.807) is 36.4 Å². The van der Waals surface area contributed by atoms with Gasteiger partial charge in [0.2, 0.25) is 0 Å². The molecule has 10 heteroatoms. The molecule has 1 heterocycles. The summed E-state index contributed by atoms with van der Waals surface area (Å²) in [7, 11) is 0. The molecule has 3 rings (SSSR count). The third-order valence-corrected chi connectivity index (χ3v) is 5.36. The van der Waals surface area contributed by atoms with E-state index in [0.717, 1.165) is 21.2 Å². The maximum Gasteiger partial charge on any atom is 0.285 e. The van der Waals surface area contributed by atoms with E-state index in [9.17, 15) is 19.7 Å². The SMILES string of the molecule is O=C(NN1C(=O)C(=Cc2ccccc2[N+](=O)[O-])SC1=S)c1ccc(Br)cc1. The van der Waals surface area contributed by atoms with Crippen molar-refractivity contribution in [2.45, 2.75) is 0 Å². The van der Waals surface area contributed by atoms with Gasteiger partial charge in [-0.2, -0.15) is 5.01 Å². The van der Waals surface area contributed by atoms with E-state index < -0.39 is 16.7 Å². The Morgan fingerprint density at radius 2 is 1.89 bits per heavy atom. The fourth-order valence-electron chi connectivity index (χ4n) is 2.25. The van der Waals surface area contributed by atoms with Crippen LogP contribution in [0.2, 0.25) is 0 Å². The lowest BCUT2D eigenvalue weighted by Crippen LogP contribution is -2.44. The Balaban J connectivity index is 1.82. The molecule has 7 nitrogen and oxygen atoms in total. The second-order valence-electron chi connectivity index (χ2n) is 5.28. The lowest BCUT2D eigenvalue weighted by Gasteiger charge is -2.15. The molecule has 136 valence electrons. The monoisotopic (exact) mass is 463 g/mol. The number of nitrogens with one attached hydrogen (secondary N) is 1. The number of nitrogens with zero attached hydrogens (tertiary/aromatic N) is 2. The number of thiocarbonyl (C=S) groups is 1. The summed E-state index contributed by atoms with van der Waals surface area (Å²) in [5.41, 5.74) is 2.97. The number of halogens is 1. The highest BCUT2D eigenvalue weighted by atomic mass is 79.9. The minimum atomic E-state index is -0.548. The first-order valence-electron chi connectivity index (χ1n) is 7.45. The van der Waals surface area contributed by atoms with Gasteiger partial charge in [0.1, 0.15) is 0 Å². The van der Waals surface area contributed by atoms with Crippen LogP contribution in [0.5, 0.6) is 0 Å². The largest absolute Gasteiger partial charge is 0.285 e. The van der Waals surface area contributed by atoms with Gasteiger partial charge in [-0.1, -0.05) is 39.8 Å². The van der Waals surface area contributed by atoms with Crippen LogP contribution >= 0.6 is 39.9 Å². The van der Waals surface area contributed by atoms with Crippen molar-refractivity contribution >= 4 is 67.8 Å². The number of amides is 2. The molecule has 0 atom stereocenters. The van der Waals surface area contributed by atoms with Gasteiger partial charge in [-0.25, -0.2) is 0 Å². The molecule has 1 N–H and O–H groups in total. The molecule has 0 bridgehead atoms. The Labute approximate surface area is 171 Å². The summed E-state index contributed by atoms with van der Waals surface area (Å²) in [6.07, 6.45) is 1.39. The Hall–Kier alpha value is -2.56. The molecule has 1 aliphatic rings. The summed E-state index contributed by atoms with van der Waals surface area (Å²) in [4.78, 5) is 35.7. The molecule has 0 saturated carbocycles. The summed E-state index contributed by atoms with van der Waals surface area (Å²) in [6, 6.07) is 12.7. The molecule has 27 heavy (non-hydrogen) atoms. The van der Waals surface area contributed by atoms with Crippen molar-refractivity contribution in [1.82, 2.24) is 10.4 Å². The van der Waals surface area contributed by atoms with E-state index in [-0.39, 0.29) is 20.5 Å². The molecule has 0 unspecified atom stereocenters. The molecule has 0 spiro atoms. The molecular formula is C17H10BrN3O4S2. The summed E-state index contributed by atoms with van der Waals surface area (Å²) in [5.74, 6) is -1.04. The zero-order chi connectivity index (χ0) is 19.6. The minimum absolute atomic E-state index is 0.123. The van der Waals surface area contributed by atoms with Crippen LogP contribution < -0.4 is 5.43 Å². The van der Waals surface area contributed by atoms with Gasteiger partial charge in [-0.3, -0.25) is 25.1 Å². The quantitative estimate of drug-likeness (QED) is 0.319. The van der Waals surface area contributed by atoms with Crippen molar-refractivity contribution in [2.24, 2.45) is 0 Å². The van der Waals surface area contributed by atoms with Gasteiger partial charge in [0.25, 0.3) is 17.5 Å². The number of nitro benzene ring substituents is 1. The van der Waals surface area contributed by atoms with Gasteiger partial charge in [0.15, 0.2) is 4.32 Å². The molecule has 1 fully saturated rings. The number of nitro groups is 1. The Bertz CT molecular complexity index is 992. The number of rotatable bonds is 4. The fraction of sp³-hybridized carbons (Fsp3) is 0. The molecule has 1 aliphatic heterocycles. The third-order valence-electron chi connectivity index (χ3n) is 3.53. The number of carbonyl (C=O) groups excluding carboxylic acids is 2. The van der Waals surface area contributed by atoms with Crippen molar-refractivity contribution in [1.29, 1.82) is 0 Å². The van der Waals surface area contributed by atoms with Gasteiger partial charge < -0.3 is 0 Å². The van der Waals surface area contributed by atoms with Gasteiger partial charge >= 0.3 is 0 Å². The number of para-hydroxylation sites is 1. The smallest absolute Gasteiger partial charge is 0.267 e. The standard InChI is InChI=1S/C17H10BrN3O4S2/c18-12-7-5-10(6-8-12)15(22)19-20-16(23)14(27-17(20)26)9-11-3-1-2-4-13(11)21(24)25/h1-9H,(H,19,22). The normalized spacial score (nSPS) is 15.3. The Kier molecular flexibility index (Phi) is 5.68. The summed E-state index contributed by atoms with van der Waals surface area (Å²) in [6.45, 7) is 0. The van der Waals surface area contributed by atoms with Gasteiger partial charge in [-0.05, 0) is 48.6 Å². The third kappa shape index (κ3) is 4.24. The molecule has 0 aliphatic carbocycles. The summed E-state index contributed by atoms with van der Waals surface area (Å²) >= 11 is 9.40. The van der Waals surface area contributed by atoms with E-state index >= 15 is 0 Å². The average molecular weight is 464 g/mol. The highest BCUT2D eigenvalue weighted by molar-refractivity contribution is 9.10. The summed E-state index contributed by atoms with van der Waals surface area (Å²) in [5, 5.41) is 12.1. The highest BCUT2D eigenvalue weighted by Crippen LogP contribution is 2.33. The van der Waals surface area contributed by atoms with Gasteiger partial charge in [-0.15, -0.1) is 0 Å². The second-order valence-corrected chi connectivity index (χ2v) is 7.87. The molecular weight excluding hydrogens is 454 g/mol. The van der Waals surface area contributed by atoms with E-state index in [1.807, 2.05) is 0 Å². The lowest BCUT2D eigenvalue weighted by atomic mass is 10.1. The number of hydrogen-bond donors (Lipinski definition) is 1. The highest BCUT2D eigenvalue weighted by Gasteiger charge is 2.34. The van der Waals surface area contributed by atoms with Crippen LogP contribution in [0.4, 0.5) is 5.69 Å². The first-order valence-corrected chi connectivity index (χ1v) is 9.46. The number of benzene rings is 2. The number of thioether (sulfide) groups is 1. The first kappa shape index (κ1) is 19.2. The minimum Gasteiger partial charge on any atom is -0.267 e. The molecule has 2 aromatic rings. The Morgan fingerprint density at radius 3 is 2.56 bits per heavy atom. The van der Waals surface area contributed by atoms with Crippen molar-refractivity contribution in [3.63, 3.8) is 0 Å². The van der Waals surface area contributed by atoms with Gasteiger partial charge in [0, 0.05) is 16.1 Å². The molecule has 1 saturated heterocycles. The van der Waals surface area contributed by atoms with E-state index in [1.165, 1.54) is 18.2 Å². The van der Waals surface area contributed by atoms with Crippen molar-refractivity contribution in [2.75, 3.05) is 0 Å². The fourth-order valence-corrected chi connectivity index (χ4v) is 3.68. The zero-order valence-corrected chi connectivity index (χ0v) is 16.6. The van der Waals surface area contributed by atoms with Crippen LogP contribution in [0.25, 0.3) is 6.08 Å². The molecule has 0 aromatic heterocycles. The van der Waals surface area contributed by atoms with Gasteiger partial charge in [0.05, 0.1) is 15.4 Å². The predicted octanol–water partition coefficient (Wildman–Crippen LogP) is 3.90. The first-order chi connectivity index (χ1) is 12.9. The Morgan fingerprint density at radius 1 is 1.22 bits per heavy atom. The number of carbonyl (C=O) groups is 2. The molecule has 2 aromatic carbocycles. The number of hydrogen-bond acceptors (Lipinski definition) is 6. The second kappa shape index (κ2) is 7.99.